The van der Waals surface area contributed by atoms with Crippen LogP contribution in [-0.4, -0.2) is 36.0 Å². The van der Waals surface area contributed by atoms with E-state index in [0.717, 1.165) is 12.0 Å². The molecule has 7 heteroatoms. The maximum atomic E-state index is 11.8. The fraction of sp³-hybridized carbons (Fsp3) is 0.412. The Bertz CT molecular complexity index is 597. The van der Waals surface area contributed by atoms with Crippen molar-refractivity contribution in [3.63, 3.8) is 0 Å². The fourth-order valence-electron chi connectivity index (χ4n) is 1.85. The summed E-state index contributed by atoms with van der Waals surface area (Å²) in [4.78, 5) is 34.6. The molecular formula is C17H24N4O3. The number of nitrogens with one attached hydrogen (secondary N) is 3. The lowest BCUT2D eigenvalue weighted by atomic mass is 10.1. The molecule has 0 saturated carbocycles. The van der Waals surface area contributed by atoms with Crippen LogP contribution >= 0.6 is 0 Å². The second-order valence-corrected chi connectivity index (χ2v) is 5.68. The summed E-state index contributed by atoms with van der Waals surface area (Å²) in [7, 11) is 0. The molecule has 0 heterocycles. The summed E-state index contributed by atoms with van der Waals surface area (Å²) in [6.45, 7) is 5.63. The van der Waals surface area contributed by atoms with Gasteiger partial charge in [-0.15, -0.1) is 0 Å². The molecule has 1 aromatic rings. The van der Waals surface area contributed by atoms with Gasteiger partial charge in [0, 0.05) is 18.3 Å². The molecule has 0 saturated heterocycles. The number of hydrogen-bond donors (Lipinski definition) is 3. The van der Waals surface area contributed by atoms with Crippen molar-refractivity contribution in [1.82, 2.24) is 16.1 Å². The van der Waals surface area contributed by atoms with Gasteiger partial charge in [0.2, 0.25) is 5.91 Å². The molecule has 0 aliphatic heterocycles. The van der Waals surface area contributed by atoms with E-state index in [1.807, 2.05) is 30.3 Å². The number of hydrazone groups is 1. The topological polar surface area (TPSA) is 99.7 Å². The molecule has 0 fully saturated rings. The van der Waals surface area contributed by atoms with Crippen LogP contribution in [0.15, 0.2) is 35.4 Å². The van der Waals surface area contributed by atoms with Crippen molar-refractivity contribution in [2.75, 3.05) is 6.54 Å². The maximum absolute atomic E-state index is 11.8. The van der Waals surface area contributed by atoms with E-state index in [9.17, 15) is 14.4 Å². The van der Waals surface area contributed by atoms with Gasteiger partial charge in [-0.1, -0.05) is 30.3 Å². The third kappa shape index (κ3) is 8.07. The summed E-state index contributed by atoms with van der Waals surface area (Å²) >= 11 is 0. The van der Waals surface area contributed by atoms with Gasteiger partial charge in [-0.2, -0.15) is 5.10 Å². The molecule has 0 aliphatic rings. The van der Waals surface area contributed by atoms with Gasteiger partial charge >= 0.3 is 11.8 Å². The highest BCUT2D eigenvalue weighted by Gasteiger charge is 2.13. The summed E-state index contributed by atoms with van der Waals surface area (Å²) in [5, 5.41) is 8.99. The highest BCUT2D eigenvalue weighted by molar-refractivity contribution is 6.35. The minimum Gasteiger partial charge on any atom is -0.355 e. The number of rotatable bonds is 7. The molecular weight excluding hydrogens is 308 g/mol. The summed E-state index contributed by atoms with van der Waals surface area (Å²) in [5.74, 6) is -1.80. The van der Waals surface area contributed by atoms with Crippen LogP contribution < -0.4 is 16.1 Å². The molecule has 3 N–H and O–H groups in total. The molecule has 24 heavy (non-hydrogen) atoms. The predicted molar refractivity (Wildman–Crippen MR) is 92.3 cm³/mol. The molecule has 3 amide bonds. The lowest BCUT2D eigenvalue weighted by Crippen LogP contribution is -2.41. The van der Waals surface area contributed by atoms with Crippen LogP contribution in [0.25, 0.3) is 0 Å². The number of carbonyl (C=O) groups excluding carboxylic acids is 3. The van der Waals surface area contributed by atoms with E-state index >= 15 is 0 Å². The second kappa shape index (κ2) is 10.1. The first kappa shape index (κ1) is 19.3. The van der Waals surface area contributed by atoms with Crippen molar-refractivity contribution in [2.45, 2.75) is 39.7 Å². The van der Waals surface area contributed by atoms with Crippen molar-refractivity contribution < 1.29 is 14.4 Å². The van der Waals surface area contributed by atoms with Crippen molar-refractivity contribution in [3.05, 3.63) is 35.9 Å². The molecule has 0 bridgehead atoms. The molecule has 1 rings (SSSR count). The lowest BCUT2D eigenvalue weighted by Gasteiger charge is -2.07. The zero-order valence-electron chi connectivity index (χ0n) is 14.3. The number of benzene rings is 1. The standard InChI is InChI=1S/C17H24N4O3/c1-12(2)19-16(23)17(24)21-20-13(3)11-15(22)18-10-9-14-7-5-4-6-8-14/h4-8,12H,9-11H2,1-3H3,(H,18,22)(H,19,23)(H,21,24). The van der Waals surface area contributed by atoms with E-state index in [1.165, 1.54) is 0 Å². The monoisotopic (exact) mass is 332 g/mol. The Morgan fingerprint density at radius 2 is 1.75 bits per heavy atom. The average Bonchev–Trinajstić information content (AvgIpc) is 2.52. The Morgan fingerprint density at radius 3 is 2.38 bits per heavy atom. The number of carbonyl (C=O) groups is 3. The van der Waals surface area contributed by atoms with Crippen molar-refractivity contribution >= 4 is 23.4 Å². The van der Waals surface area contributed by atoms with Gasteiger partial charge in [-0.3, -0.25) is 14.4 Å². The third-order valence-electron chi connectivity index (χ3n) is 2.97. The molecule has 0 unspecified atom stereocenters. The normalized spacial score (nSPS) is 11.1. The summed E-state index contributed by atoms with van der Waals surface area (Å²) in [5.41, 5.74) is 3.69. The smallest absolute Gasteiger partial charge is 0.329 e. The largest absolute Gasteiger partial charge is 0.355 e. The molecule has 0 atom stereocenters. The van der Waals surface area contributed by atoms with Gasteiger partial charge in [-0.25, -0.2) is 5.43 Å². The van der Waals surface area contributed by atoms with Gasteiger partial charge in [-0.05, 0) is 32.8 Å². The zero-order valence-corrected chi connectivity index (χ0v) is 14.3. The predicted octanol–water partition coefficient (Wildman–Crippen LogP) is 0.752. The molecule has 7 nitrogen and oxygen atoms in total. The van der Waals surface area contributed by atoms with Crippen LogP contribution in [-0.2, 0) is 20.8 Å². The van der Waals surface area contributed by atoms with Crippen molar-refractivity contribution in [3.8, 4) is 0 Å². The molecule has 0 aliphatic carbocycles. The summed E-state index contributed by atoms with van der Waals surface area (Å²) in [6, 6.07) is 9.70. The quantitative estimate of drug-likeness (QED) is 0.390. The Labute approximate surface area is 141 Å². The van der Waals surface area contributed by atoms with E-state index in [1.54, 1.807) is 20.8 Å². The van der Waals surface area contributed by atoms with Gasteiger partial charge in [0.15, 0.2) is 0 Å². The van der Waals surface area contributed by atoms with Crippen molar-refractivity contribution in [1.29, 1.82) is 0 Å². The van der Waals surface area contributed by atoms with Gasteiger partial charge in [0.25, 0.3) is 0 Å². The van der Waals surface area contributed by atoms with E-state index < -0.39 is 11.8 Å². The number of nitrogens with zero attached hydrogens (tertiary/aromatic N) is 1. The highest BCUT2D eigenvalue weighted by Crippen LogP contribution is 1.98. The van der Waals surface area contributed by atoms with Gasteiger partial charge in [0.1, 0.15) is 0 Å². The SMILES string of the molecule is CC(CC(=O)NCCc1ccccc1)=NNC(=O)C(=O)NC(C)C. The van der Waals surface area contributed by atoms with Crippen molar-refractivity contribution in [2.24, 2.45) is 5.10 Å². The van der Waals surface area contributed by atoms with Crippen LogP contribution in [0.2, 0.25) is 0 Å². The first-order valence-electron chi connectivity index (χ1n) is 7.83. The van der Waals surface area contributed by atoms with E-state index in [4.69, 9.17) is 0 Å². The third-order valence-corrected chi connectivity index (χ3v) is 2.97. The highest BCUT2D eigenvalue weighted by atomic mass is 16.2. The molecule has 130 valence electrons. The molecule has 0 aromatic heterocycles. The minimum atomic E-state index is -0.854. The van der Waals surface area contributed by atoms with E-state index in [0.29, 0.717) is 12.3 Å². The first-order valence-corrected chi connectivity index (χ1v) is 7.83. The Kier molecular flexibility index (Phi) is 8.18. The fourth-order valence-corrected chi connectivity index (χ4v) is 1.85. The minimum absolute atomic E-state index is 0.0564. The van der Waals surface area contributed by atoms with Gasteiger partial charge in [0.05, 0.1) is 6.42 Å². The lowest BCUT2D eigenvalue weighted by molar-refractivity contribution is -0.139. The summed E-state index contributed by atoms with van der Waals surface area (Å²) < 4.78 is 0. The van der Waals surface area contributed by atoms with Crippen LogP contribution in [0, 0.1) is 0 Å². The van der Waals surface area contributed by atoms with Gasteiger partial charge < -0.3 is 10.6 Å². The van der Waals surface area contributed by atoms with E-state index in [-0.39, 0.29) is 18.4 Å². The molecule has 1 aromatic carbocycles. The zero-order chi connectivity index (χ0) is 17.9. The Morgan fingerprint density at radius 1 is 1.08 bits per heavy atom. The van der Waals surface area contributed by atoms with Crippen LogP contribution in [0.5, 0.6) is 0 Å². The van der Waals surface area contributed by atoms with Crippen LogP contribution in [0.3, 0.4) is 0 Å². The average molecular weight is 332 g/mol. The first-order chi connectivity index (χ1) is 11.4. The summed E-state index contributed by atoms with van der Waals surface area (Å²) in [6.07, 6.45) is 0.801. The van der Waals surface area contributed by atoms with Crippen LogP contribution in [0.4, 0.5) is 0 Å². The molecule has 0 spiro atoms. The van der Waals surface area contributed by atoms with E-state index in [2.05, 4.69) is 21.2 Å². The van der Waals surface area contributed by atoms with Crippen LogP contribution in [0.1, 0.15) is 32.8 Å². The maximum Gasteiger partial charge on any atom is 0.329 e. The Hall–Kier alpha value is -2.70. The number of hydrogen-bond acceptors (Lipinski definition) is 4. The second-order valence-electron chi connectivity index (χ2n) is 5.68. The number of amides is 3. The Balaban J connectivity index is 2.30. The molecule has 0 radical (unpaired) electrons.